The first kappa shape index (κ1) is 11.8. The Balaban J connectivity index is 2.86. The Hall–Kier alpha value is -1.29. The lowest BCUT2D eigenvalue weighted by atomic mass is 10.2. The van der Waals surface area contributed by atoms with Crippen molar-refractivity contribution in [1.82, 2.24) is 4.98 Å². The number of unbranched alkanes of at least 4 members (excludes halogenated alkanes) is 1. The summed E-state index contributed by atoms with van der Waals surface area (Å²) in [6.45, 7) is 4.11. The Morgan fingerprint density at radius 3 is 2.80 bits per heavy atom. The SMILES string of the molecule is CCCCOc1c(CO)ncc(C)c1O. The number of ether oxygens (including phenoxy) is 1. The van der Waals surface area contributed by atoms with E-state index in [1.165, 1.54) is 6.20 Å². The van der Waals surface area contributed by atoms with Gasteiger partial charge in [-0.1, -0.05) is 13.3 Å². The van der Waals surface area contributed by atoms with Gasteiger partial charge in [0, 0.05) is 11.8 Å². The summed E-state index contributed by atoms with van der Waals surface area (Å²) >= 11 is 0. The summed E-state index contributed by atoms with van der Waals surface area (Å²) in [4.78, 5) is 4.00. The van der Waals surface area contributed by atoms with Gasteiger partial charge in [0.15, 0.2) is 11.5 Å². The van der Waals surface area contributed by atoms with Crippen LogP contribution in [0, 0.1) is 6.92 Å². The van der Waals surface area contributed by atoms with Crippen LogP contribution in [0.2, 0.25) is 0 Å². The number of hydrogen-bond acceptors (Lipinski definition) is 4. The smallest absolute Gasteiger partial charge is 0.185 e. The topological polar surface area (TPSA) is 62.6 Å². The van der Waals surface area contributed by atoms with Gasteiger partial charge in [-0.25, -0.2) is 0 Å². The van der Waals surface area contributed by atoms with Crippen molar-refractivity contribution >= 4 is 0 Å². The minimum Gasteiger partial charge on any atom is -0.504 e. The average molecular weight is 211 g/mol. The average Bonchev–Trinajstić information content (AvgIpc) is 2.25. The first-order chi connectivity index (χ1) is 7.20. The van der Waals surface area contributed by atoms with Crippen molar-refractivity contribution in [2.75, 3.05) is 6.61 Å². The predicted molar refractivity (Wildman–Crippen MR) is 57.0 cm³/mol. The molecular weight excluding hydrogens is 194 g/mol. The van der Waals surface area contributed by atoms with Gasteiger partial charge in [0.2, 0.25) is 0 Å². The second-order valence-electron chi connectivity index (χ2n) is 3.43. The van der Waals surface area contributed by atoms with E-state index in [4.69, 9.17) is 9.84 Å². The van der Waals surface area contributed by atoms with Gasteiger partial charge in [-0.3, -0.25) is 4.98 Å². The first-order valence-electron chi connectivity index (χ1n) is 5.11. The van der Waals surface area contributed by atoms with Crippen LogP contribution in [-0.2, 0) is 6.61 Å². The second-order valence-corrected chi connectivity index (χ2v) is 3.43. The van der Waals surface area contributed by atoms with Crippen LogP contribution in [-0.4, -0.2) is 21.8 Å². The molecule has 0 aliphatic carbocycles. The fraction of sp³-hybridized carbons (Fsp3) is 0.545. The summed E-state index contributed by atoms with van der Waals surface area (Å²) in [5.74, 6) is 0.385. The highest BCUT2D eigenvalue weighted by atomic mass is 16.5. The molecule has 1 heterocycles. The molecule has 0 spiro atoms. The van der Waals surface area contributed by atoms with E-state index in [0.29, 0.717) is 23.6 Å². The highest BCUT2D eigenvalue weighted by Crippen LogP contribution is 2.31. The van der Waals surface area contributed by atoms with Gasteiger partial charge >= 0.3 is 0 Å². The Bertz CT molecular complexity index is 326. The van der Waals surface area contributed by atoms with Crippen LogP contribution in [0.1, 0.15) is 31.0 Å². The van der Waals surface area contributed by atoms with Crippen molar-refractivity contribution in [3.8, 4) is 11.5 Å². The molecule has 4 heteroatoms. The lowest BCUT2D eigenvalue weighted by molar-refractivity contribution is 0.248. The van der Waals surface area contributed by atoms with Gasteiger partial charge in [-0.05, 0) is 13.3 Å². The zero-order chi connectivity index (χ0) is 11.3. The summed E-state index contributed by atoms with van der Waals surface area (Å²) < 4.78 is 5.41. The zero-order valence-corrected chi connectivity index (χ0v) is 9.16. The molecule has 1 aromatic rings. The summed E-state index contributed by atoms with van der Waals surface area (Å²) in [6.07, 6.45) is 3.46. The lowest BCUT2D eigenvalue weighted by Crippen LogP contribution is -2.03. The number of aryl methyl sites for hydroxylation is 1. The fourth-order valence-electron chi connectivity index (χ4n) is 1.19. The number of aliphatic hydroxyl groups is 1. The number of aromatic hydroxyl groups is 1. The molecule has 4 nitrogen and oxygen atoms in total. The molecule has 1 rings (SSSR count). The lowest BCUT2D eigenvalue weighted by Gasteiger charge is -2.12. The molecule has 0 aliphatic heterocycles. The molecule has 0 saturated carbocycles. The molecule has 0 radical (unpaired) electrons. The summed E-state index contributed by atoms with van der Waals surface area (Å²) in [5, 5.41) is 18.8. The number of aliphatic hydroxyl groups excluding tert-OH is 1. The molecule has 0 atom stereocenters. The maximum atomic E-state index is 9.73. The van der Waals surface area contributed by atoms with Crippen LogP contribution in [0.3, 0.4) is 0 Å². The monoisotopic (exact) mass is 211 g/mol. The van der Waals surface area contributed by atoms with Crippen LogP contribution in [0.15, 0.2) is 6.20 Å². The van der Waals surface area contributed by atoms with Crippen molar-refractivity contribution in [2.45, 2.75) is 33.3 Å². The minimum atomic E-state index is -0.227. The molecule has 0 unspecified atom stereocenters. The van der Waals surface area contributed by atoms with Crippen LogP contribution in [0.25, 0.3) is 0 Å². The number of hydrogen-bond donors (Lipinski definition) is 2. The van der Waals surface area contributed by atoms with E-state index in [1.807, 2.05) is 0 Å². The summed E-state index contributed by atoms with van der Waals surface area (Å²) in [6, 6.07) is 0. The largest absolute Gasteiger partial charge is 0.504 e. The molecule has 84 valence electrons. The first-order valence-corrected chi connectivity index (χ1v) is 5.11. The van der Waals surface area contributed by atoms with Gasteiger partial charge in [0.05, 0.1) is 13.2 Å². The second kappa shape index (κ2) is 5.56. The highest BCUT2D eigenvalue weighted by Gasteiger charge is 2.12. The molecule has 0 aliphatic rings. The maximum Gasteiger partial charge on any atom is 0.185 e. The van der Waals surface area contributed by atoms with Crippen LogP contribution >= 0.6 is 0 Å². The molecule has 0 bridgehead atoms. The Kier molecular flexibility index (Phi) is 4.37. The van der Waals surface area contributed by atoms with Gasteiger partial charge < -0.3 is 14.9 Å². The van der Waals surface area contributed by atoms with E-state index in [2.05, 4.69) is 11.9 Å². The van der Waals surface area contributed by atoms with E-state index < -0.39 is 0 Å². The Labute approximate surface area is 89.5 Å². The maximum absolute atomic E-state index is 9.73. The molecule has 0 amide bonds. The normalized spacial score (nSPS) is 10.3. The molecular formula is C11H17NO3. The Morgan fingerprint density at radius 2 is 2.20 bits per heavy atom. The third kappa shape index (κ3) is 2.83. The van der Waals surface area contributed by atoms with E-state index >= 15 is 0 Å². The highest BCUT2D eigenvalue weighted by molar-refractivity contribution is 5.46. The standard InChI is InChI=1S/C11H17NO3/c1-3-4-5-15-11-9(7-13)12-6-8(2)10(11)14/h6,13H,3-5,7H2,1-2H3,(H,12,14). The van der Waals surface area contributed by atoms with Gasteiger partial charge in [-0.2, -0.15) is 0 Å². The predicted octanol–water partition coefficient (Wildman–Crippen LogP) is 1.77. The van der Waals surface area contributed by atoms with E-state index in [1.54, 1.807) is 6.92 Å². The van der Waals surface area contributed by atoms with Crippen LogP contribution < -0.4 is 4.74 Å². The molecule has 0 aromatic carbocycles. The van der Waals surface area contributed by atoms with E-state index in [9.17, 15) is 5.11 Å². The van der Waals surface area contributed by atoms with Crippen LogP contribution in [0.4, 0.5) is 0 Å². The summed E-state index contributed by atoms with van der Waals surface area (Å²) in [7, 11) is 0. The van der Waals surface area contributed by atoms with Crippen LogP contribution in [0.5, 0.6) is 11.5 Å². The van der Waals surface area contributed by atoms with Gasteiger partial charge in [0.1, 0.15) is 5.69 Å². The molecule has 2 N–H and O–H groups in total. The number of nitrogens with zero attached hydrogens (tertiary/aromatic N) is 1. The van der Waals surface area contributed by atoms with Crippen molar-refractivity contribution in [1.29, 1.82) is 0 Å². The third-order valence-corrected chi connectivity index (χ3v) is 2.16. The molecule has 0 fully saturated rings. The number of aromatic nitrogens is 1. The van der Waals surface area contributed by atoms with Crippen molar-refractivity contribution < 1.29 is 14.9 Å². The molecule has 1 aromatic heterocycles. The molecule has 15 heavy (non-hydrogen) atoms. The minimum absolute atomic E-state index is 0.0742. The van der Waals surface area contributed by atoms with Crippen molar-refractivity contribution in [2.24, 2.45) is 0 Å². The fourth-order valence-corrected chi connectivity index (χ4v) is 1.19. The quantitative estimate of drug-likeness (QED) is 0.728. The zero-order valence-electron chi connectivity index (χ0n) is 9.16. The number of pyridine rings is 1. The Morgan fingerprint density at radius 1 is 1.47 bits per heavy atom. The summed E-state index contributed by atoms with van der Waals surface area (Å²) in [5.41, 5.74) is 1.04. The number of rotatable bonds is 5. The molecule has 0 saturated heterocycles. The third-order valence-electron chi connectivity index (χ3n) is 2.16. The van der Waals surface area contributed by atoms with Crippen molar-refractivity contribution in [3.63, 3.8) is 0 Å². The van der Waals surface area contributed by atoms with Gasteiger partial charge in [0.25, 0.3) is 0 Å². The van der Waals surface area contributed by atoms with Gasteiger partial charge in [-0.15, -0.1) is 0 Å². The van der Waals surface area contributed by atoms with Crippen molar-refractivity contribution in [3.05, 3.63) is 17.5 Å². The van der Waals surface area contributed by atoms with E-state index in [0.717, 1.165) is 12.8 Å². The van der Waals surface area contributed by atoms with E-state index in [-0.39, 0.29) is 12.4 Å².